The average Bonchev–Trinajstić information content (AvgIpc) is 3.20. The predicted molar refractivity (Wildman–Crippen MR) is 148 cm³/mol. The number of amides is 2. The summed E-state index contributed by atoms with van der Waals surface area (Å²) in [6.45, 7) is 11.9. The number of carbonyl (C=O) groups excluding carboxylic acids is 2. The second kappa shape index (κ2) is 11.1. The zero-order valence-corrected chi connectivity index (χ0v) is 22.4. The highest BCUT2D eigenvalue weighted by Crippen LogP contribution is 2.28. The van der Waals surface area contributed by atoms with E-state index in [4.69, 9.17) is 9.72 Å². The van der Waals surface area contributed by atoms with Gasteiger partial charge < -0.3 is 24.8 Å². The number of anilines is 2. The van der Waals surface area contributed by atoms with Gasteiger partial charge in [-0.3, -0.25) is 4.79 Å². The molecular formula is C29H37N5O3. The van der Waals surface area contributed by atoms with Crippen LogP contribution in [0.1, 0.15) is 57.8 Å². The summed E-state index contributed by atoms with van der Waals surface area (Å²) < 4.78 is 7.64. The first-order valence-electron chi connectivity index (χ1n) is 12.8. The molecule has 2 heterocycles. The minimum Gasteiger partial charge on any atom is -0.444 e. The fraction of sp³-hybridized carbons (Fsp3) is 0.414. The summed E-state index contributed by atoms with van der Waals surface area (Å²) in [5, 5.41) is 6.03. The van der Waals surface area contributed by atoms with E-state index in [0.717, 1.165) is 42.1 Å². The number of ether oxygens (including phenoxy) is 1. The molecule has 1 atom stereocenters. The molecule has 37 heavy (non-hydrogen) atoms. The molecule has 2 aromatic carbocycles. The van der Waals surface area contributed by atoms with Crippen molar-refractivity contribution in [2.75, 3.05) is 23.3 Å². The van der Waals surface area contributed by atoms with Crippen LogP contribution in [0.3, 0.4) is 0 Å². The Balaban J connectivity index is 1.60. The van der Waals surface area contributed by atoms with Gasteiger partial charge in [-0.05, 0) is 77.8 Å². The van der Waals surface area contributed by atoms with Gasteiger partial charge in [-0.1, -0.05) is 29.8 Å². The van der Waals surface area contributed by atoms with Gasteiger partial charge in [0.2, 0.25) is 5.95 Å². The van der Waals surface area contributed by atoms with Crippen LogP contribution < -0.4 is 15.5 Å². The highest BCUT2D eigenvalue weighted by molar-refractivity contribution is 6.05. The summed E-state index contributed by atoms with van der Waals surface area (Å²) in [5.41, 5.74) is 3.80. The number of fused-ring (bicyclic) bond motifs is 1. The van der Waals surface area contributed by atoms with Crippen LogP contribution >= 0.6 is 0 Å². The normalized spacial score (nSPS) is 15.8. The SMILES string of the molecule is CC(C)=CCn1c(N2CCC[C@@H](NC(=O)OC(C)(C)C)C2)nc2ccc(NC(=O)c3ccccc3)cc21. The molecule has 1 aromatic heterocycles. The Morgan fingerprint density at radius 3 is 2.59 bits per heavy atom. The van der Waals surface area contributed by atoms with Gasteiger partial charge in [0.05, 0.1) is 11.0 Å². The Labute approximate surface area is 218 Å². The number of hydrogen-bond donors (Lipinski definition) is 2. The van der Waals surface area contributed by atoms with Crippen LogP contribution in [0.2, 0.25) is 0 Å². The molecule has 2 amide bonds. The van der Waals surface area contributed by atoms with Crippen molar-refractivity contribution in [1.29, 1.82) is 0 Å². The van der Waals surface area contributed by atoms with Gasteiger partial charge in [-0.25, -0.2) is 9.78 Å². The van der Waals surface area contributed by atoms with E-state index in [1.54, 1.807) is 12.1 Å². The highest BCUT2D eigenvalue weighted by atomic mass is 16.6. The number of carbonyl (C=O) groups is 2. The Kier molecular flexibility index (Phi) is 7.86. The molecule has 1 aliphatic rings. The molecule has 8 nitrogen and oxygen atoms in total. The molecule has 0 spiro atoms. The van der Waals surface area contributed by atoms with E-state index in [9.17, 15) is 9.59 Å². The van der Waals surface area contributed by atoms with Crippen molar-refractivity contribution in [3.8, 4) is 0 Å². The van der Waals surface area contributed by atoms with E-state index in [2.05, 4.69) is 40.0 Å². The molecule has 1 fully saturated rings. The standard InChI is InChI=1S/C29H37N5O3/c1-20(2)15-17-34-25-18-22(30-26(35)21-10-7-6-8-11-21)13-14-24(25)32-27(34)33-16-9-12-23(19-33)31-28(36)37-29(3,4)5/h6-8,10-11,13-15,18,23H,9,12,16-17,19H2,1-5H3,(H,30,35)(H,31,36)/t23-/m1/s1. The number of nitrogens with zero attached hydrogens (tertiary/aromatic N) is 3. The molecule has 0 unspecified atom stereocenters. The van der Waals surface area contributed by atoms with Crippen molar-refractivity contribution in [3.63, 3.8) is 0 Å². The molecule has 1 aliphatic heterocycles. The number of benzene rings is 2. The number of nitrogens with one attached hydrogen (secondary N) is 2. The fourth-order valence-electron chi connectivity index (χ4n) is 4.43. The lowest BCUT2D eigenvalue weighted by Crippen LogP contribution is -2.49. The van der Waals surface area contributed by atoms with E-state index in [-0.39, 0.29) is 11.9 Å². The number of allylic oxidation sites excluding steroid dienone is 2. The van der Waals surface area contributed by atoms with Crippen molar-refractivity contribution in [3.05, 3.63) is 65.7 Å². The minimum absolute atomic E-state index is 0.0268. The van der Waals surface area contributed by atoms with Gasteiger partial charge in [0, 0.05) is 36.9 Å². The van der Waals surface area contributed by atoms with Crippen molar-refractivity contribution in [2.45, 2.75) is 65.6 Å². The third-order valence-electron chi connectivity index (χ3n) is 6.13. The summed E-state index contributed by atoms with van der Waals surface area (Å²) in [4.78, 5) is 32.3. The summed E-state index contributed by atoms with van der Waals surface area (Å²) in [7, 11) is 0. The summed E-state index contributed by atoms with van der Waals surface area (Å²) in [5.74, 6) is 0.706. The van der Waals surface area contributed by atoms with Crippen LogP contribution in [-0.4, -0.2) is 46.3 Å². The first-order chi connectivity index (χ1) is 17.6. The summed E-state index contributed by atoms with van der Waals surface area (Å²) >= 11 is 0. The maximum Gasteiger partial charge on any atom is 0.407 e. The Morgan fingerprint density at radius 2 is 1.89 bits per heavy atom. The molecule has 0 radical (unpaired) electrons. The average molecular weight is 504 g/mol. The third-order valence-corrected chi connectivity index (χ3v) is 6.13. The summed E-state index contributed by atoms with van der Waals surface area (Å²) in [6.07, 6.45) is 3.60. The quantitative estimate of drug-likeness (QED) is 0.418. The zero-order valence-electron chi connectivity index (χ0n) is 22.4. The number of imidazole rings is 1. The fourth-order valence-corrected chi connectivity index (χ4v) is 4.43. The van der Waals surface area contributed by atoms with Crippen molar-refractivity contribution in [1.82, 2.24) is 14.9 Å². The predicted octanol–water partition coefficient (Wildman–Crippen LogP) is 5.75. The lowest BCUT2D eigenvalue weighted by atomic mass is 10.1. The van der Waals surface area contributed by atoms with E-state index >= 15 is 0 Å². The lowest BCUT2D eigenvalue weighted by Gasteiger charge is -2.34. The Morgan fingerprint density at radius 1 is 1.14 bits per heavy atom. The Hall–Kier alpha value is -3.81. The van der Waals surface area contributed by atoms with Gasteiger partial charge in [0.15, 0.2) is 0 Å². The lowest BCUT2D eigenvalue weighted by molar-refractivity contribution is 0.0499. The van der Waals surface area contributed by atoms with Crippen LogP contribution in [0.5, 0.6) is 0 Å². The number of aromatic nitrogens is 2. The molecule has 2 N–H and O–H groups in total. The molecule has 0 saturated carbocycles. The molecule has 8 heteroatoms. The number of hydrogen-bond acceptors (Lipinski definition) is 5. The van der Waals surface area contributed by atoms with Gasteiger partial charge in [-0.15, -0.1) is 0 Å². The van der Waals surface area contributed by atoms with Gasteiger partial charge in [-0.2, -0.15) is 0 Å². The topological polar surface area (TPSA) is 88.5 Å². The van der Waals surface area contributed by atoms with Crippen LogP contribution in [0, 0.1) is 0 Å². The van der Waals surface area contributed by atoms with Crippen molar-refractivity contribution in [2.24, 2.45) is 0 Å². The second-order valence-corrected chi connectivity index (χ2v) is 10.8. The highest BCUT2D eigenvalue weighted by Gasteiger charge is 2.27. The largest absolute Gasteiger partial charge is 0.444 e. The van der Waals surface area contributed by atoms with Crippen LogP contribution in [0.4, 0.5) is 16.4 Å². The van der Waals surface area contributed by atoms with E-state index < -0.39 is 11.7 Å². The Bertz CT molecular complexity index is 1290. The number of alkyl carbamates (subject to hydrolysis) is 1. The number of rotatable bonds is 6. The van der Waals surface area contributed by atoms with Gasteiger partial charge in [0.1, 0.15) is 5.60 Å². The second-order valence-electron chi connectivity index (χ2n) is 10.8. The van der Waals surface area contributed by atoms with E-state index in [0.29, 0.717) is 18.7 Å². The van der Waals surface area contributed by atoms with E-state index in [1.165, 1.54) is 5.57 Å². The maximum absolute atomic E-state index is 12.7. The molecule has 1 saturated heterocycles. The van der Waals surface area contributed by atoms with Crippen molar-refractivity contribution >= 4 is 34.7 Å². The van der Waals surface area contributed by atoms with Crippen molar-refractivity contribution < 1.29 is 14.3 Å². The maximum atomic E-state index is 12.7. The molecule has 0 bridgehead atoms. The molecule has 3 aromatic rings. The first-order valence-corrected chi connectivity index (χ1v) is 12.8. The smallest absolute Gasteiger partial charge is 0.407 e. The molecule has 0 aliphatic carbocycles. The summed E-state index contributed by atoms with van der Waals surface area (Å²) in [6, 6.07) is 15.0. The molecule has 196 valence electrons. The van der Waals surface area contributed by atoms with Gasteiger partial charge >= 0.3 is 6.09 Å². The third kappa shape index (κ3) is 6.90. The molecular weight excluding hydrogens is 466 g/mol. The van der Waals surface area contributed by atoms with Gasteiger partial charge in [0.25, 0.3) is 5.91 Å². The van der Waals surface area contributed by atoms with Crippen LogP contribution in [0.25, 0.3) is 11.0 Å². The zero-order chi connectivity index (χ0) is 26.6. The monoisotopic (exact) mass is 503 g/mol. The van der Waals surface area contributed by atoms with Crippen LogP contribution in [0.15, 0.2) is 60.2 Å². The van der Waals surface area contributed by atoms with Crippen LogP contribution in [-0.2, 0) is 11.3 Å². The number of piperidine rings is 1. The van der Waals surface area contributed by atoms with E-state index in [1.807, 2.05) is 57.2 Å². The molecule has 4 rings (SSSR count). The minimum atomic E-state index is -0.537. The first kappa shape index (κ1) is 26.3.